The molecule has 0 fully saturated rings. The molecule has 0 amide bonds. The molecule has 0 radical (unpaired) electrons. The average molecular weight is 253 g/mol. The minimum Gasteiger partial charge on any atom is -0.395 e. The Hall–Kier alpha value is -1.16. The summed E-state index contributed by atoms with van der Waals surface area (Å²) in [5.41, 5.74) is 0.948. The van der Waals surface area contributed by atoms with Crippen molar-refractivity contribution in [1.29, 1.82) is 0 Å². The second-order valence-electron chi connectivity index (χ2n) is 3.33. The molecule has 18 heavy (non-hydrogen) atoms. The summed E-state index contributed by atoms with van der Waals surface area (Å²) in [4.78, 5) is 0. The van der Waals surface area contributed by atoms with Crippen LogP contribution in [-0.4, -0.2) is 36.0 Å². The molecule has 3 nitrogen and oxygen atoms in total. The molecular formula is C15H27NO2. The molecule has 0 bridgehead atoms. The summed E-state index contributed by atoms with van der Waals surface area (Å²) < 4.78 is 0. The first-order chi connectivity index (χ1) is 8.69. The fourth-order valence-electron chi connectivity index (χ4n) is 1.21. The SMILES string of the molecule is C=C/C=C(\C=C/C)/C=C/[C@H](O)C(CO)NC.CC. The summed E-state index contributed by atoms with van der Waals surface area (Å²) in [5, 5.41) is 21.5. The van der Waals surface area contributed by atoms with Crippen molar-refractivity contribution >= 4 is 0 Å². The molecule has 0 saturated heterocycles. The first-order valence-corrected chi connectivity index (χ1v) is 6.29. The van der Waals surface area contributed by atoms with Gasteiger partial charge in [-0.3, -0.25) is 0 Å². The lowest BCUT2D eigenvalue weighted by Gasteiger charge is -2.16. The first-order valence-electron chi connectivity index (χ1n) is 6.29. The van der Waals surface area contributed by atoms with E-state index in [1.807, 2.05) is 39.0 Å². The molecule has 0 aliphatic heterocycles. The molecule has 1 unspecified atom stereocenters. The van der Waals surface area contributed by atoms with Gasteiger partial charge >= 0.3 is 0 Å². The van der Waals surface area contributed by atoms with Crippen molar-refractivity contribution in [3.05, 3.63) is 48.6 Å². The second kappa shape index (κ2) is 13.9. The average Bonchev–Trinajstić information content (AvgIpc) is 2.40. The Morgan fingerprint density at radius 2 is 1.94 bits per heavy atom. The number of likely N-dealkylation sites (N-methyl/N-ethyl adjacent to an activating group) is 1. The lowest BCUT2D eigenvalue weighted by atomic mass is 10.1. The predicted molar refractivity (Wildman–Crippen MR) is 79.5 cm³/mol. The molecule has 0 aromatic heterocycles. The second-order valence-corrected chi connectivity index (χ2v) is 3.33. The van der Waals surface area contributed by atoms with Crippen molar-refractivity contribution in [3.8, 4) is 0 Å². The number of allylic oxidation sites excluding steroid dienone is 6. The number of nitrogens with one attached hydrogen (secondary N) is 1. The van der Waals surface area contributed by atoms with Crippen LogP contribution in [-0.2, 0) is 0 Å². The van der Waals surface area contributed by atoms with E-state index in [0.29, 0.717) is 0 Å². The Labute approximate surface area is 111 Å². The first kappa shape index (κ1) is 19.2. The molecular weight excluding hydrogens is 226 g/mol. The van der Waals surface area contributed by atoms with Crippen LogP contribution in [0, 0.1) is 0 Å². The maximum atomic E-state index is 9.71. The fraction of sp³-hybridized carbons (Fsp3) is 0.467. The molecule has 0 saturated carbocycles. The summed E-state index contributed by atoms with van der Waals surface area (Å²) in [7, 11) is 1.70. The molecule has 0 aliphatic rings. The monoisotopic (exact) mass is 253 g/mol. The molecule has 2 atom stereocenters. The van der Waals surface area contributed by atoms with Gasteiger partial charge in [0, 0.05) is 0 Å². The molecule has 104 valence electrons. The van der Waals surface area contributed by atoms with Crippen LogP contribution in [0.2, 0.25) is 0 Å². The zero-order chi connectivity index (χ0) is 14.4. The molecule has 0 rings (SSSR count). The summed E-state index contributed by atoms with van der Waals surface area (Å²) in [6.07, 6.45) is 10.1. The topological polar surface area (TPSA) is 52.5 Å². The molecule has 0 aliphatic carbocycles. The fourth-order valence-corrected chi connectivity index (χ4v) is 1.21. The van der Waals surface area contributed by atoms with Gasteiger partial charge in [-0.05, 0) is 19.5 Å². The van der Waals surface area contributed by atoms with E-state index in [-0.39, 0.29) is 12.6 Å². The third-order valence-electron chi connectivity index (χ3n) is 2.14. The van der Waals surface area contributed by atoms with E-state index in [0.717, 1.165) is 5.57 Å². The van der Waals surface area contributed by atoms with Gasteiger partial charge in [-0.1, -0.05) is 56.9 Å². The van der Waals surface area contributed by atoms with Crippen molar-refractivity contribution in [3.63, 3.8) is 0 Å². The van der Waals surface area contributed by atoms with Gasteiger partial charge < -0.3 is 15.5 Å². The van der Waals surface area contributed by atoms with Gasteiger partial charge in [0.25, 0.3) is 0 Å². The summed E-state index contributed by atoms with van der Waals surface area (Å²) in [6.45, 7) is 9.44. The van der Waals surface area contributed by atoms with E-state index in [2.05, 4.69) is 11.9 Å². The van der Waals surface area contributed by atoms with Gasteiger partial charge in [0.2, 0.25) is 0 Å². The highest BCUT2D eigenvalue weighted by Crippen LogP contribution is 2.03. The predicted octanol–water partition coefficient (Wildman–Crippen LogP) is 2.20. The van der Waals surface area contributed by atoms with Crippen LogP contribution in [0.5, 0.6) is 0 Å². The highest BCUT2D eigenvalue weighted by atomic mass is 16.3. The van der Waals surface area contributed by atoms with Gasteiger partial charge in [-0.15, -0.1) is 0 Å². The summed E-state index contributed by atoms with van der Waals surface area (Å²) in [6, 6.07) is -0.341. The van der Waals surface area contributed by atoms with E-state index in [1.165, 1.54) is 0 Å². The summed E-state index contributed by atoms with van der Waals surface area (Å²) in [5.74, 6) is 0. The molecule has 0 heterocycles. The van der Waals surface area contributed by atoms with Crippen molar-refractivity contribution in [2.24, 2.45) is 0 Å². The van der Waals surface area contributed by atoms with Gasteiger partial charge in [-0.25, -0.2) is 0 Å². The Morgan fingerprint density at radius 1 is 1.33 bits per heavy atom. The number of hydrogen-bond acceptors (Lipinski definition) is 3. The number of aliphatic hydroxyl groups is 2. The van der Waals surface area contributed by atoms with Crippen LogP contribution in [0.4, 0.5) is 0 Å². The molecule has 0 aromatic rings. The molecule has 0 aromatic carbocycles. The summed E-state index contributed by atoms with van der Waals surface area (Å²) >= 11 is 0. The molecule has 3 N–H and O–H groups in total. The van der Waals surface area contributed by atoms with Crippen molar-refractivity contribution < 1.29 is 10.2 Å². The van der Waals surface area contributed by atoms with E-state index < -0.39 is 6.10 Å². The van der Waals surface area contributed by atoms with E-state index >= 15 is 0 Å². The molecule has 0 spiro atoms. The zero-order valence-electron chi connectivity index (χ0n) is 11.9. The standard InChI is InChI=1S/C13H21NO2.C2H6/c1-4-6-11(7-5-2)8-9-13(16)12(10-15)14-3;1-2/h4-9,12-16H,1,10H2,2-3H3;1-2H3/b7-5-,9-8+,11-6+;/t12?,13-;/m0./s1. The largest absolute Gasteiger partial charge is 0.395 e. The van der Waals surface area contributed by atoms with Gasteiger partial charge in [0.15, 0.2) is 0 Å². The Morgan fingerprint density at radius 3 is 2.33 bits per heavy atom. The minimum absolute atomic E-state index is 0.105. The Balaban J connectivity index is 0. The maximum absolute atomic E-state index is 9.71. The Kier molecular flexibility index (Phi) is 14.8. The highest BCUT2D eigenvalue weighted by molar-refractivity contribution is 5.33. The Bertz CT molecular complexity index is 276. The maximum Gasteiger partial charge on any atom is 0.0899 e. The van der Waals surface area contributed by atoms with Crippen molar-refractivity contribution in [2.45, 2.75) is 32.9 Å². The minimum atomic E-state index is -0.714. The van der Waals surface area contributed by atoms with Crippen LogP contribution in [0.15, 0.2) is 48.6 Å². The van der Waals surface area contributed by atoms with Crippen molar-refractivity contribution in [1.82, 2.24) is 5.32 Å². The number of rotatable bonds is 7. The van der Waals surface area contributed by atoms with Crippen LogP contribution in [0.1, 0.15) is 20.8 Å². The number of hydrogen-bond donors (Lipinski definition) is 3. The third-order valence-corrected chi connectivity index (χ3v) is 2.14. The van der Waals surface area contributed by atoms with Crippen LogP contribution < -0.4 is 5.32 Å². The van der Waals surface area contributed by atoms with Crippen LogP contribution >= 0.6 is 0 Å². The third kappa shape index (κ3) is 8.93. The lowest BCUT2D eigenvalue weighted by Crippen LogP contribution is -2.39. The van der Waals surface area contributed by atoms with E-state index in [9.17, 15) is 5.11 Å². The van der Waals surface area contributed by atoms with E-state index in [4.69, 9.17) is 5.11 Å². The highest BCUT2D eigenvalue weighted by Gasteiger charge is 2.12. The van der Waals surface area contributed by atoms with Gasteiger partial charge in [-0.2, -0.15) is 0 Å². The normalized spacial score (nSPS) is 15.3. The zero-order valence-corrected chi connectivity index (χ0v) is 11.9. The van der Waals surface area contributed by atoms with Gasteiger partial charge in [0.1, 0.15) is 0 Å². The van der Waals surface area contributed by atoms with Crippen LogP contribution in [0.3, 0.4) is 0 Å². The molecule has 3 heteroatoms. The quantitative estimate of drug-likeness (QED) is 0.610. The number of aliphatic hydroxyl groups excluding tert-OH is 2. The van der Waals surface area contributed by atoms with Gasteiger partial charge in [0.05, 0.1) is 18.8 Å². The van der Waals surface area contributed by atoms with E-state index in [1.54, 1.807) is 25.3 Å². The smallest absolute Gasteiger partial charge is 0.0899 e. The van der Waals surface area contributed by atoms with Crippen LogP contribution in [0.25, 0.3) is 0 Å². The van der Waals surface area contributed by atoms with Crippen molar-refractivity contribution in [2.75, 3.05) is 13.7 Å². The lowest BCUT2D eigenvalue weighted by molar-refractivity contribution is 0.128.